The predicted octanol–water partition coefficient (Wildman–Crippen LogP) is 3.82. The topological polar surface area (TPSA) is 38.0 Å². The third kappa shape index (κ3) is 2.81. The van der Waals surface area contributed by atoms with Gasteiger partial charge in [0, 0.05) is 5.02 Å². The summed E-state index contributed by atoms with van der Waals surface area (Å²) in [4.78, 5) is 0. The molecule has 1 atom stereocenters. The van der Waals surface area contributed by atoms with Crippen molar-refractivity contribution < 1.29 is 0 Å². The number of benzene rings is 2. The first-order chi connectivity index (χ1) is 9.04. The van der Waals surface area contributed by atoms with E-state index >= 15 is 0 Å². The van der Waals surface area contributed by atoms with Crippen molar-refractivity contribution in [3.8, 4) is 0 Å². The Bertz CT molecular complexity index is 593. The van der Waals surface area contributed by atoms with E-state index in [0.29, 0.717) is 0 Å². The number of halogens is 1. The normalized spacial score (nSPS) is 12.5. The van der Waals surface area contributed by atoms with E-state index in [1.807, 2.05) is 24.3 Å². The van der Waals surface area contributed by atoms with Crippen LogP contribution >= 0.6 is 11.6 Å². The van der Waals surface area contributed by atoms with E-state index in [2.05, 4.69) is 38.3 Å². The molecular weight excluding hydrogens is 256 g/mol. The number of hydrazine groups is 1. The zero-order chi connectivity index (χ0) is 14.0. The second kappa shape index (κ2) is 5.74. The molecule has 2 rings (SSSR count). The summed E-state index contributed by atoms with van der Waals surface area (Å²) >= 11 is 6.28. The van der Waals surface area contributed by atoms with Gasteiger partial charge in [0.2, 0.25) is 0 Å². The molecule has 3 N–H and O–H groups in total. The van der Waals surface area contributed by atoms with Crippen LogP contribution in [-0.4, -0.2) is 0 Å². The highest BCUT2D eigenvalue weighted by Gasteiger charge is 2.17. The summed E-state index contributed by atoms with van der Waals surface area (Å²) in [5.74, 6) is 5.75. The van der Waals surface area contributed by atoms with Crippen molar-refractivity contribution in [1.29, 1.82) is 0 Å². The number of rotatable bonds is 3. The van der Waals surface area contributed by atoms with Crippen molar-refractivity contribution in [3.63, 3.8) is 0 Å². The Morgan fingerprint density at radius 2 is 1.58 bits per heavy atom. The summed E-state index contributed by atoms with van der Waals surface area (Å²) < 4.78 is 0. The Morgan fingerprint density at radius 1 is 0.947 bits per heavy atom. The smallest absolute Gasteiger partial charge is 0.0727 e. The predicted molar refractivity (Wildman–Crippen MR) is 81.3 cm³/mol. The van der Waals surface area contributed by atoms with Crippen LogP contribution in [0.15, 0.2) is 36.4 Å². The third-order valence-corrected chi connectivity index (χ3v) is 3.92. The molecule has 1 unspecified atom stereocenters. The number of hydrogen-bond donors (Lipinski definition) is 2. The van der Waals surface area contributed by atoms with Crippen LogP contribution in [0.2, 0.25) is 5.02 Å². The van der Waals surface area contributed by atoms with Crippen LogP contribution in [0.5, 0.6) is 0 Å². The Kier molecular flexibility index (Phi) is 4.25. The summed E-state index contributed by atoms with van der Waals surface area (Å²) in [5, 5.41) is 0.725. The molecule has 0 amide bonds. The van der Waals surface area contributed by atoms with Gasteiger partial charge in [-0.1, -0.05) is 41.9 Å². The van der Waals surface area contributed by atoms with Gasteiger partial charge in [-0.05, 0) is 54.7 Å². The SMILES string of the molecule is Cc1cc(C)c(C(NN)c2ccccc2Cl)cc1C. The standard InChI is InChI=1S/C16H19ClN2/c1-10-8-12(3)14(9-11(10)2)16(19-18)13-6-4-5-7-15(13)17/h4-9,16,19H,18H2,1-3H3. The van der Waals surface area contributed by atoms with Gasteiger partial charge in [-0.15, -0.1) is 0 Å². The van der Waals surface area contributed by atoms with E-state index in [1.54, 1.807) is 0 Å². The summed E-state index contributed by atoms with van der Waals surface area (Å²) in [7, 11) is 0. The zero-order valence-electron chi connectivity index (χ0n) is 11.5. The second-order valence-electron chi connectivity index (χ2n) is 4.91. The van der Waals surface area contributed by atoms with E-state index in [-0.39, 0.29) is 6.04 Å². The summed E-state index contributed by atoms with van der Waals surface area (Å²) in [6.07, 6.45) is 0. The molecule has 2 aromatic rings. The van der Waals surface area contributed by atoms with E-state index < -0.39 is 0 Å². The minimum absolute atomic E-state index is 0.0898. The van der Waals surface area contributed by atoms with Gasteiger partial charge in [0.05, 0.1) is 6.04 Å². The lowest BCUT2D eigenvalue weighted by atomic mass is 9.92. The average Bonchev–Trinajstić information content (AvgIpc) is 2.38. The lowest BCUT2D eigenvalue weighted by molar-refractivity contribution is 0.633. The van der Waals surface area contributed by atoms with E-state index in [0.717, 1.165) is 10.6 Å². The molecule has 0 aromatic heterocycles. The fourth-order valence-corrected chi connectivity index (χ4v) is 2.59. The maximum atomic E-state index is 6.28. The van der Waals surface area contributed by atoms with Crippen LogP contribution < -0.4 is 11.3 Å². The molecule has 3 heteroatoms. The molecule has 0 aliphatic rings. The van der Waals surface area contributed by atoms with Gasteiger partial charge in [-0.2, -0.15) is 0 Å². The van der Waals surface area contributed by atoms with Crippen LogP contribution in [0.25, 0.3) is 0 Å². The van der Waals surface area contributed by atoms with Crippen LogP contribution in [0.1, 0.15) is 33.9 Å². The molecule has 0 heterocycles. The first kappa shape index (κ1) is 14.1. The van der Waals surface area contributed by atoms with Gasteiger partial charge in [0.25, 0.3) is 0 Å². The maximum Gasteiger partial charge on any atom is 0.0727 e. The third-order valence-electron chi connectivity index (χ3n) is 3.58. The van der Waals surface area contributed by atoms with Crippen molar-refractivity contribution in [1.82, 2.24) is 5.43 Å². The largest absolute Gasteiger partial charge is 0.271 e. The molecule has 0 bridgehead atoms. The molecule has 0 fully saturated rings. The molecule has 0 saturated heterocycles. The van der Waals surface area contributed by atoms with Crippen LogP contribution in [0.3, 0.4) is 0 Å². The molecule has 0 saturated carbocycles. The summed E-state index contributed by atoms with van der Waals surface area (Å²) in [6, 6.07) is 12.1. The van der Waals surface area contributed by atoms with Crippen molar-refractivity contribution in [2.24, 2.45) is 5.84 Å². The zero-order valence-corrected chi connectivity index (χ0v) is 12.3. The Morgan fingerprint density at radius 3 is 2.21 bits per heavy atom. The molecule has 2 aromatic carbocycles. The van der Waals surface area contributed by atoms with E-state index in [1.165, 1.54) is 22.3 Å². The summed E-state index contributed by atoms with van der Waals surface area (Å²) in [6.45, 7) is 6.33. The molecule has 19 heavy (non-hydrogen) atoms. The number of nitrogens with two attached hydrogens (primary N) is 1. The minimum atomic E-state index is -0.0898. The van der Waals surface area contributed by atoms with Crippen molar-refractivity contribution in [3.05, 3.63) is 69.2 Å². The second-order valence-corrected chi connectivity index (χ2v) is 5.32. The molecule has 0 aliphatic heterocycles. The number of nitrogens with one attached hydrogen (secondary N) is 1. The summed E-state index contributed by atoms with van der Waals surface area (Å²) in [5.41, 5.74) is 8.80. The quantitative estimate of drug-likeness (QED) is 0.660. The first-order valence-electron chi connectivity index (χ1n) is 6.33. The van der Waals surface area contributed by atoms with E-state index in [9.17, 15) is 0 Å². The Balaban J connectivity index is 2.55. The highest BCUT2D eigenvalue weighted by molar-refractivity contribution is 6.31. The molecule has 0 radical (unpaired) electrons. The average molecular weight is 275 g/mol. The lowest BCUT2D eigenvalue weighted by Crippen LogP contribution is -2.29. The Hall–Kier alpha value is -1.35. The monoisotopic (exact) mass is 274 g/mol. The first-order valence-corrected chi connectivity index (χ1v) is 6.70. The maximum absolute atomic E-state index is 6.28. The van der Waals surface area contributed by atoms with Crippen LogP contribution in [-0.2, 0) is 0 Å². The number of hydrogen-bond acceptors (Lipinski definition) is 2. The minimum Gasteiger partial charge on any atom is -0.271 e. The van der Waals surface area contributed by atoms with Crippen LogP contribution in [0, 0.1) is 20.8 Å². The van der Waals surface area contributed by atoms with Gasteiger partial charge >= 0.3 is 0 Å². The number of aryl methyl sites for hydroxylation is 3. The van der Waals surface area contributed by atoms with Gasteiger partial charge in [0.15, 0.2) is 0 Å². The molecule has 0 aliphatic carbocycles. The molecular formula is C16H19ClN2. The van der Waals surface area contributed by atoms with Gasteiger partial charge in [-0.3, -0.25) is 5.84 Å². The highest BCUT2D eigenvalue weighted by atomic mass is 35.5. The fraction of sp³-hybridized carbons (Fsp3) is 0.250. The molecule has 2 nitrogen and oxygen atoms in total. The fourth-order valence-electron chi connectivity index (χ4n) is 2.35. The van der Waals surface area contributed by atoms with Gasteiger partial charge in [-0.25, -0.2) is 5.43 Å². The van der Waals surface area contributed by atoms with Crippen molar-refractivity contribution in [2.45, 2.75) is 26.8 Å². The van der Waals surface area contributed by atoms with Crippen LogP contribution in [0.4, 0.5) is 0 Å². The van der Waals surface area contributed by atoms with Crippen molar-refractivity contribution in [2.75, 3.05) is 0 Å². The molecule has 100 valence electrons. The highest BCUT2D eigenvalue weighted by Crippen LogP contribution is 2.30. The Labute approximate surface area is 119 Å². The van der Waals surface area contributed by atoms with E-state index in [4.69, 9.17) is 17.4 Å². The lowest BCUT2D eigenvalue weighted by Gasteiger charge is -2.21. The van der Waals surface area contributed by atoms with Crippen molar-refractivity contribution >= 4 is 11.6 Å². The van der Waals surface area contributed by atoms with Gasteiger partial charge in [0.1, 0.15) is 0 Å². The van der Waals surface area contributed by atoms with Gasteiger partial charge < -0.3 is 0 Å². The molecule has 0 spiro atoms.